The molecule has 198 valence electrons. The molecule has 0 unspecified atom stereocenters. The number of halogens is 1. The third-order valence-electron chi connectivity index (χ3n) is 6.74. The Morgan fingerprint density at radius 3 is 2.22 bits per heavy atom. The van der Waals surface area contributed by atoms with E-state index < -0.39 is 0 Å². The van der Waals surface area contributed by atoms with Gasteiger partial charge in [-0.05, 0) is 76.1 Å². The molecule has 0 radical (unpaired) electrons. The van der Waals surface area contributed by atoms with E-state index in [4.69, 9.17) is 11.6 Å². The van der Waals surface area contributed by atoms with Crippen molar-refractivity contribution in [1.29, 1.82) is 0 Å². The van der Waals surface area contributed by atoms with Gasteiger partial charge in [-0.15, -0.1) is 0 Å². The number of hydrogen-bond acceptors (Lipinski definition) is 4. The van der Waals surface area contributed by atoms with Gasteiger partial charge in [-0.1, -0.05) is 24.4 Å². The van der Waals surface area contributed by atoms with Gasteiger partial charge in [0, 0.05) is 54.6 Å². The van der Waals surface area contributed by atoms with Crippen molar-refractivity contribution < 1.29 is 19.5 Å². The molecule has 0 bridgehead atoms. The van der Waals surface area contributed by atoms with E-state index in [-0.39, 0.29) is 23.5 Å². The van der Waals surface area contributed by atoms with E-state index in [2.05, 4.69) is 0 Å². The molecule has 1 N–H and O–H groups in total. The Morgan fingerprint density at radius 2 is 1.59 bits per heavy atom. The maximum Gasteiger partial charge on any atom is 0.262 e. The summed E-state index contributed by atoms with van der Waals surface area (Å²) in [6.07, 6.45) is 3.89. The number of carbonyl (C=O) groups is 3. The van der Waals surface area contributed by atoms with Gasteiger partial charge in [0.25, 0.3) is 5.91 Å². The molecule has 3 rings (SSSR count). The molecule has 2 aromatic carbocycles. The van der Waals surface area contributed by atoms with Gasteiger partial charge < -0.3 is 14.9 Å². The topological polar surface area (TPSA) is 82.9 Å². The first kappa shape index (κ1) is 28.3. The van der Waals surface area contributed by atoms with E-state index in [1.165, 1.54) is 13.0 Å². The van der Waals surface area contributed by atoms with Gasteiger partial charge >= 0.3 is 0 Å². The summed E-state index contributed by atoms with van der Waals surface area (Å²) in [5.74, 6) is -0.131. The third-order valence-corrected chi connectivity index (χ3v) is 6.99. The zero-order valence-corrected chi connectivity index (χ0v) is 22.8. The third kappa shape index (κ3) is 6.52. The smallest absolute Gasteiger partial charge is 0.262 e. The van der Waals surface area contributed by atoms with Crippen LogP contribution in [0.4, 0.5) is 5.69 Å². The summed E-state index contributed by atoms with van der Waals surface area (Å²) in [6, 6.07) is 11.5. The highest BCUT2D eigenvalue weighted by molar-refractivity contribution is 6.30. The number of unbranched alkanes of at least 4 members (excludes halogenated alkanes) is 3. The summed E-state index contributed by atoms with van der Waals surface area (Å²) >= 11 is 6.00. The molecule has 1 heterocycles. The number of rotatable bonds is 11. The zero-order valence-electron chi connectivity index (χ0n) is 22.1. The molecule has 0 saturated heterocycles. The molecule has 0 fully saturated rings. The number of amides is 2. The highest BCUT2D eigenvalue weighted by atomic mass is 35.5. The molecule has 0 atom stereocenters. The lowest BCUT2D eigenvalue weighted by Gasteiger charge is -2.22. The predicted molar refractivity (Wildman–Crippen MR) is 149 cm³/mol. The zero-order chi connectivity index (χ0) is 27.1. The van der Waals surface area contributed by atoms with E-state index >= 15 is 0 Å². The molecule has 2 amide bonds. The van der Waals surface area contributed by atoms with E-state index in [1.54, 1.807) is 45.9 Å². The molecule has 3 aromatic rings. The fourth-order valence-corrected chi connectivity index (χ4v) is 4.90. The van der Waals surface area contributed by atoms with Crippen LogP contribution < -0.4 is 4.90 Å². The summed E-state index contributed by atoms with van der Waals surface area (Å²) < 4.78 is 1.59. The van der Waals surface area contributed by atoms with Crippen LogP contribution in [0, 0.1) is 6.92 Å². The van der Waals surface area contributed by atoms with Gasteiger partial charge in [0.15, 0.2) is 0 Å². The van der Waals surface area contributed by atoms with Gasteiger partial charge in [0.05, 0.1) is 11.2 Å². The molecule has 0 aliphatic carbocycles. The summed E-state index contributed by atoms with van der Waals surface area (Å²) in [6.45, 7) is 9.23. The minimum absolute atomic E-state index is 0.0613. The molecule has 8 heteroatoms. The first-order valence-electron chi connectivity index (χ1n) is 12.9. The maximum atomic E-state index is 13.5. The van der Waals surface area contributed by atoms with Crippen LogP contribution in [0.1, 0.15) is 68.9 Å². The lowest BCUT2D eigenvalue weighted by atomic mass is 10.1. The highest BCUT2D eigenvalue weighted by Crippen LogP contribution is 2.37. The Labute approximate surface area is 223 Å². The Bertz CT molecular complexity index is 1260. The molecule has 0 spiro atoms. The van der Waals surface area contributed by atoms with Gasteiger partial charge in [0.2, 0.25) is 11.8 Å². The number of anilines is 1. The fourth-order valence-electron chi connectivity index (χ4n) is 4.77. The van der Waals surface area contributed by atoms with E-state index in [0.29, 0.717) is 45.8 Å². The molecular formula is C29H36ClN3O4. The van der Waals surface area contributed by atoms with Crippen LogP contribution in [-0.2, 0) is 9.59 Å². The number of phenols is 1. The predicted octanol–water partition coefficient (Wildman–Crippen LogP) is 6.17. The van der Waals surface area contributed by atoms with Crippen molar-refractivity contribution >= 4 is 45.9 Å². The molecule has 37 heavy (non-hydrogen) atoms. The van der Waals surface area contributed by atoms with Gasteiger partial charge in [-0.3, -0.25) is 19.0 Å². The van der Waals surface area contributed by atoms with Crippen LogP contribution >= 0.6 is 11.6 Å². The number of phenolic OH excluding ortho intramolecular Hbond substituents is 1. The van der Waals surface area contributed by atoms with Crippen molar-refractivity contribution in [1.82, 2.24) is 9.47 Å². The molecule has 0 aliphatic heterocycles. The molecule has 0 aliphatic rings. The van der Waals surface area contributed by atoms with Crippen molar-refractivity contribution in [3.8, 4) is 5.75 Å². The number of fused-ring (bicyclic) bond motifs is 1. The van der Waals surface area contributed by atoms with E-state index in [0.717, 1.165) is 38.8 Å². The first-order chi connectivity index (χ1) is 17.7. The lowest BCUT2D eigenvalue weighted by molar-refractivity contribution is -0.130. The van der Waals surface area contributed by atoms with Crippen LogP contribution in [0.5, 0.6) is 5.75 Å². The van der Waals surface area contributed by atoms with Crippen molar-refractivity contribution in [2.24, 2.45) is 0 Å². The monoisotopic (exact) mass is 525 g/mol. The summed E-state index contributed by atoms with van der Waals surface area (Å²) in [5.41, 5.74) is 2.34. The molecule has 1 aromatic heterocycles. The quantitative estimate of drug-likeness (QED) is 0.303. The molecule has 7 nitrogen and oxygen atoms in total. The Balaban J connectivity index is 1.81. The Morgan fingerprint density at radius 1 is 0.946 bits per heavy atom. The van der Waals surface area contributed by atoms with E-state index in [9.17, 15) is 19.5 Å². The minimum atomic E-state index is -0.238. The van der Waals surface area contributed by atoms with Crippen molar-refractivity contribution in [2.45, 2.75) is 59.8 Å². The van der Waals surface area contributed by atoms with Crippen LogP contribution in [0.3, 0.4) is 0 Å². The van der Waals surface area contributed by atoms with Gasteiger partial charge in [-0.25, -0.2) is 0 Å². The lowest BCUT2D eigenvalue weighted by Crippen LogP contribution is -2.30. The van der Waals surface area contributed by atoms with Crippen molar-refractivity contribution in [3.63, 3.8) is 0 Å². The second kappa shape index (κ2) is 12.8. The largest absolute Gasteiger partial charge is 0.508 e. The normalized spacial score (nSPS) is 11.1. The fraction of sp³-hybridized carbons (Fsp3) is 0.414. The number of nitrogens with zero attached hydrogens (tertiary/aromatic N) is 3. The van der Waals surface area contributed by atoms with Crippen LogP contribution in [0.2, 0.25) is 5.02 Å². The second-order valence-electron chi connectivity index (χ2n) is 9.18. The standard InChI is InChI=1S/C29H36ClN3O4/c1-5-31(6-2)27(36)11-9-7-8-10-18-32(21(4)34)28-20(3)33(26-17-16-24(35)19-25(26)28)29(37)22-12-14-23(30)15-13-22/h12-17,19,35H,5-11,18H2,1-4H3. The minimum Gasteiger partial charge on any atom is -0.508 e. The van der Waals surface area contributed by atoms with Gasteiger partial charge in [0.1, 0.15) is 5.75 Å². The highest BCUT2D eigenvalue weighted by Gasteiger charge is 2.25. The SMILES string of the molecule is CCN(CC)C(=O)CCCCCCN(C(C)=O)c1c(C)n(C(=O)c2ccc(Cl)cc2)c2ccc(O)cc12. The average Bonchev–Trinajstić information content (AvgIpc) is 3.14. The summed E-state index contributed by atoms with van der Waals surface area (Å²) in [5, 5.41) is 11.4. The number of hydrogen-bond donors (Lipinski definition) is 1. The van der Waals surface area contributed by atoms with Crippen LogP contribution in [-0.4, -0.2) is 51.9 Å². The average molecular weight is 526 g/mol. The second-order valence-corrected chi connectivity index (χ2v) is 9.62. The number of aromatic nitrogens is 1. The van der Waals surface area contributed by atoms with Gasteiger partial charge in [-0.2, -0.15) is 0 Å². The van der Waals surface area contributed by atoms with Crippen LogP contribution in [0.25, 0.3) is 10.9 Å². The molecule has 0 saturated carbocycles. The number of carbonyl (C=O) groups excluding carboxylic acids is 3. The molecular weight excluding hydrogens is 490 g/mol. The Hall–Kier alpha value is -3.32. The number of benzene rings is 2. The van der Waals surface area contributed by atoms with Crippen molar-refractivity contribution in [2.75, 3.05) is 24.5 Å². The maximum absolute atomic E-state index is 13.5. The number of aromatic hydroxyl groups is 1. The summed E-state index contributed by atoms with van der Waals surface area (Å²) in [7, 11) is 0. The first-order valence-corrected chi connectivity index (χ1v) is 13.3. The Kier molecular flexibility index (Phi) is 9.75. The van der Waals surface area contributed by atoms with Crippen LogP contribution in [0.15, 0.2) is 42.5 Å². The van der Waals surface area contributed by atoms with E-state index in [1.807, 2.05) is 25.7 Å². The van der Waals surface area contributed by atoms with Crippen molar-refractivity contribution in [3.05, 3.63) is 58.7 Å². The summed E-state index contributed by atoms with van der Waals surface area (Å²) in [4.78, 5) is 42.0.